The van der Waals surface area contributed by atoms with E-state index in [1.54, 1.807) is 36.4 Å². The van der Waals surface area contributed by atoms with Crippen LogP contribution in [0.3, 0.4) is 0 Å². The van der Waals surface area contributed by atoms with E-state index in [2.05, 4.69) is 16.4 Å². The molecule has 1 aliphatic heterocycles. The third kappa shape index (κ3) is 4.14. The van der Waals surface area contributed by atoms with Gasteiger partial charge < -0.3 is 14.3 Å². The van der Waals surface area contributed by atoms with Gasteiger partial charge in [0.25, 0.3) is 5.91 Å². The molecule has 0 radical (unpaired) electrons. The van der Waals surface area contributed by atoms with Gasteiger partial charge in [0.05, 0.1) is 22.4 Å². The lowest BCUT2D eigenvalue weighted by atomic mass is 9.93. The second-order valence-corrected chi connectivity index (χ2v) is 8.48. The average Bonchev–Trinajstić information content (AvgIpc) is 3.25. The Kier molecular flexibility index (Phi) is 5.47. The highest BCUT2D eigenvalue weighted by atomic mass is 32.1. The van der Waals surface area contributed by atoms with Gasteiger partial charge in [-0.2, -0.15) is 5.26 Å². The average molecular weight is 455 g/mol. The van der Waals surface area contributed by atoms with Gasteiger partial charge in [-0.05, 0) is 48.9 Å². The summed E-state index contributed by atoms with van der Waals surface area (Å²) in [5.41, 5.74) is 2.29. The quantitative estimate of drug-likeness (QED) is 0.411. The molecule has 1 aromatic heterocycles. The minimum atomic E-state index is -0.289. The molecule has 4 aromatic rings. The maximum Gasteiger partial charge on any atom is 0.257 e. The van der Waals surface area contributed by atoms with E-state index in [0.717, 1.165) is 16.5 Å². The van der Waals surface area contributed by atoms with Crippen molar-refractivity contribution >= 4 is 38.9 Å². The van der Waals surface area contributed by atoms with E-state index in [-0.39, 0.29) is 11.8 Å². The van der Waals surface area contributed by atoms with Crippen LogP contribution in [0.5, 0.6) is 17.2 Å². The molecule has 5 rings (SSSR count). The summed E-state index contributed by atoms with van der Waals surface area (Å²) >= 11 is 1.41. The molecular weight excluding hydrogens is 438 g/mol. The third-order valence-corrected chi connectivity index (χ3v) is 6.29. The molecule has 0 aliphatic carbocycles. The van der Waals surface area contributed by atoms with Crippen molar-refractivity contribution in [3.8, 4) is 23.3 Å². The molecule has 0 spiro atoms. The number of aromatic nitrogens is 1. The van der Waals surface area contributed by atoms with Gasteiger partial charge in [0, 0.05) is 23.1 Å². The van der Waals surface area contributed by atoms with Crippen molar-refractivity contribution in [2.75, 3.05) is 11.9 Å². The SMILES string of the molecule is N#Cc1cc2c(cc1Oc1ccc(C(=O)Nc3nc4ccccc4s3)cc1)OCCC2C=O. The first-order valence-corrected chi connectivity index (χ1v) is 11.1. The topological polar surface area (TPSA) is 101 Å². The zero-order valence-corrected chi connectivity index (χ0v) is 18.1. The fourth-order valence-electron chi connectivity index (χ4n) is 3.65. The largest absolute Gasteiger partial charge is 0.493 e. The van der Waals surface area contributed by atoms with Crippen LogP contribution in [0.15, 0.2) is 60.7 Å². The van der Waals surface area contributed by atoms with Crippen LogP contribution in [-0.2, 0) is 4.79 Å². The maximum atomic E-state index is 12.6. The molecule has 3 aromatic carbocycles. The Morgan fingerprint density at radius 1 is 1.21 bits per heavy atom. The van der Waals surface area contributed by atoms with Gasteiger partial charge in [-0.15, -0.1) is 0 Å². The number of para-hydroxylation sites is 1. The molecule has 8 heteroatoms. The van der Waals surface area contributed by atoms with Crippen LogP contribution in [0.4, 0.5) is 5.13 Å². The van der Waals surface area contributed by atoms with Gasteiger partial charge in [0.1, 0.15) is 29.6 Å². The number of rotatable bonds is 5. The van der Waals surface area contributed by atoms with E-state index in [9.17, 15) is 14.9 Å². The van der Waals surface area contributed by atoms with Crippen LogP contribution in [0.2, 0.25) is 0 Å². The first kappa shape index (κ1) is 20.7. The Morgan fingerprint density at radius 3 is 2.79 bits per heavy atom. The predicted octanol–water partition coefficient (Wildman–Crippen LogP) is 5.28. The van der Waals surface area contributed by atoms with E-state index in [4.69, 9.17) is 9.47 Å². The number of benzene rings is 3. The highest BCUT2D eigenvalue weighted by molar-refractivity contribution is 7.22. The monoisotopic (exact) mass is 455 g/mol. The second kappa shape index (κ2) is 8.73. The van der Waals surface area contributed by atoms with E-state index < -0.39 is 0 Å². The van der Waals surface area contributed by atoms with Gasteiger partial charge in [0.2, 0.25) is 0 Å². The van der Waals surface area contributed by atoms with E-state index >= 15 is 0 Å². The lowest BCUT2D eigenvalue weighted by Gasteiger charge is -2.23. The number of nitriles is 1. The molecule has 0 fully saturated rings. The summed E-state index contributed by atoms with van der Waals surface area (Å²) in [7, 11) is 0. The summed E-state index contributed by atoms with van der Waals surface area (Å²) in [6, 6.07) is 19.7. The number of amides is 1. The number of nitrogens with zero attached hydrogens (tertiary/aromatic N) is 2. The highest BCUT2D eigenvalue weighted by Gasteiger charge is 2.24. The summed E-state index contributed by atoms with van der Waals surface area (Å²) in [5.74, 6) is 0.767. The Morgan fingerprint density at radius 2 is 2.03 bits per heavy atom. The molecule has 0 saturated heterocycles. The minimum absolute atomic E-state index is 0.277. The fourth-order valence-corrected chi connectivity index (χ4v) is 4.51. The van der Waals surface area contributed by atoms with Crippen LogP contribution in [0.25, 0.3) is 10.2 Å². The number of aldehydes is 1. The lowest BCUT2D eigenvalue weighted by Crippen LogP contribution is -2.15. The normalized spacial score (nSPS) is 14.6. The van der Waals surface area contributed by atoms with Crippen molar-refractivity contribution in [1.29, 1.82) is 5.26 Å². The Labute approximate surface area is 193 Å². The number of carbonyl (C=O) groups excluding carboxylic acids is 2. The maximum absolute atomic E-state index is 12.6. The molecule has 1 amide bonds. The summed E-state index contributed by atoms with van der Waals surface area (Å²) in [4.78, 5) is 28.4. The van der Waals surface area contributed by atoms with Crippen LogP contribution in [0, 0.1) is 11.3 Å². The molecule has 1 atom stereocenters. The number of hydrogen-bond donors (Lipinski definition) is 1. The molecule has 162 valence electrons. The van der Waals surface area contributed by atoms with E-state index in [1.165, 1.54) is 11.3 Å². The van der Waals surface area contributed by atoms with Crippen molar-refractivity contribution in [1.82, 2.24) is 4.98 Å². The first-order valence-electron chi connectivity index (χ1n) is 10.3. The smallest absolute Gasteiger partial charge is 0.257 e. The van der Waals surface area contributed by atoms with Crippen molar-refractivity contribution in [2.24, 2.45) is 0 Å². The highest BCUT2D eigenvalue weighted by Crippen LogP contribution is 2.39. The molecule has 2 heterocycles. The number of carbonyl (C=O) groups is 2. The van der Waals surface area contributed by atoms with Gasteiger partial charge in [-0.3, -0.25) is 10.1 Å². The molecular formula is C25H17N3O4S. The Hall–Kier alpha value is -4.22. The molecule has 0 saturated carbocycles. The van der Waals surface area contributed by atoms with Crippen LogP contribution < -0.4 is 14.8 Å². The Balaban J connectivity index is 1.33. The second-order valence-electron chi connectivity index (χ2n) is 7.45. The van der Waals surface area contributed by atoms with E-state index in [1.807, 2.05) is 24.3 Å². The number of anilines is 1. The zero-order valence-electron chi connectivity index (χ0n) is 17.3. The fraction of sp³-hybridized carbons (Fsp3) is 0.120. The number of nitrogens with one attached hydrogen (secondary N) is 1. The van der Waals surface area contributed by atoms with Crippen LogP contribution in [0.1, 0.15) is 33.8 Å². The van der Waals surface area contributed by atoms with Crippen LogP contribution in [-0.4, -0.2) is 23.8 Å². The zero-order chi connectivity index (χ0) is 22.8. The van der Waals surface area contributed by atoms with Gasteiger partial charge in [0.15, 0.2) is 5.13 Å². The molecule has 1 aliphatic rings. The molecule has 7 nitrogen and oxygen atoms in total. The lowest BCUT2D eigenvalue weighted by molar-refractivity contribution is -0.109. The van der Waals surface area contributed by atoms with Crippen molar-refractivity contribution in [2.45, 2.75) is 12.3 Å². The Bertz CT molecular complexity index is 1370. The summed E-state index contributed by atoms with van der Waals surface area (Å²) in [6.07, 6.45) is 1.46. The molecule has 1 N–H and O–H groups in total. The summed E-state index contributed by atoms with van der Waals surface area (Å²) in [5, 5.41) is 12.9. The van der Waals surface area contributed by atoms with Crippen LogP contribution >= 0.6 is 11.3 Å². The third-order valence-electron chi connectivity index (χ3n) is 5.34. The van der Waals surface area contributed by atoms with Gasteiger partial charge >= 0.3 is 0 Å². The summed E-state index contributed by atoms with van der Waals surface area (Å²) in [6.45, 7) is 0.431. The molecule has 33 heavy (non-hydrogen) atoms. The van der Waals surface area contributed by atoms with Gasteiger partial charge in [-0.25, -0.2) is 4.98 Å². The molecule has 1 unspecified atom stereocenters. The number of thiazole rings is 1. The van der Waals surface area contributed by atoms with E-state index in [0.29, 0.717) is 52.1 Å². The van der Waals surface area contributed by atoms with Crippen molar-refractivity contribution < 1.29 is 19.1 Å². The molecule has 0 bridgehead atoms. The number of ether oxygens (including phenoxy) is 2. The predicted molar refractivity (Wildman–Crippen MR) is 124 cm³/mol. The van der Waals surface area contributed by atoms with Crippen molar-refractivity contribution in [3.63, 3.8) is 0 Å². The summed E-state index contributed by atoms with van der Waals surface area (Å²) < 4.78 is 12.6. The minimum Gasteiger partial charge on any atom is -0.493 e. The standard InChI is InChI=1S/C25H17N3O4S/c26-13-17-11-19-16(14-29)9-10-31-22(19)12-21(17)32-18-7-5-15(6-8-18)24(30)28-25-27-20-3-1-2-4-23(20)33-25/h1-8,11-12,14,16H,9-10H2,(H,27,28,30). The van der Waals surface area contributed by atoms with Gasteiger partial charge in [-0.1, -0.05) is 23.5 Å². The van der Waals surface area contributed by atoms with Crippen molar-refractivity contribution in [3.05, 3.63) is 77.4 Å². The number of hydrogen-bond acceptors (Lipinski definition) is 7. The first-order chi connectivity index (χ1) is 16.1. The number of fused-ring (bicyclic) bond motifs is 2.